The molecule has 3 aromatic rings. The van der Waals surface area contributed by atoms with Crippen molar-refractivity contribution in [2.45, 2.75) is 12.3 Å². The van der Waals surface area contributed by atoms with Gasteiger partial charge in [0.25, 0.3) is 0 Å². The zero-order valence-corrected chi connectivity index (χ0v) is 14.3. The van der Waals surface area contributed by atoms with Crippen molar-refractivity contribution in [2.75, 3.05) is 0 Å². The summed E-state index contributed by atoms with van der Waals surface area (Å²) < 4.78 is 32.7. The Labute approximate surface area is 147 Å². The highest BCUT2D eigenvalue weighted by Gasteiger charge is 2.11. The van der Waals surface area contributed by atoms with Gasteiger partial charge in [0.05, 0.1) is 5.75 Å². The van der Waals surface area contributed by atoms with Gasteiger partial charge in [-0.15, -0.1) is 0 Å². The van der Waals surface area contributed by atoms with Crippen LogP contribution in [0.1, 0.15) is 11.1 Å². The molecule has 0 spiro atoms. The molecule has 1 heterocycles. The van der Waals surface area contributed by atoms with Crippen LogP contribution >= 0.6 is 0 Å². The number of nitrogens with zero attached hydrogens (tertiary/aromatic N) is 1. The lowest BCUT2D eigenvalue weighted by Crippen LogP contribution is -2.24. The molecular formula is C19H18N2O3S. The van der Waals surface area contributed by atoms with Crippen molar-refractivity contribution in [3.05, 3.63) is 90.1 Å². The number of benzene rings is 2. The second kappa shape index (κ2) is 7.92. The molecule has 128 valence electrons. The van der Waals surface area contributed by atoms with Crippen LogP contribution in [-0.2, 0) is 22.3 Å². The van der Waals surface area contributed by atoms with E-state index in [0.29, 0.717) is 11.6 Å². The van der Waals surface area contributed by atoms with Gasteiger partial charge >= 0.3 is 0 Å². The molecule has 5 nitrogen and oxygen atoms in total. The van der Waals surface area contributed by atoms with E-state index in [1.807, 2.05) is 42.5 Å². The molecule has 25 heavy (non-hydrogen) atoms. The van der Waals surface area contributed by atoms with Gasteiger partial charge in [-0.25, -0.2) is 18.1 Å². The predicted octanol–water partition coefficient (Wildman–Crippen LogP) is 3.49. The van der Waals surface area contributed by atoms with E-state index in [-0.39, 0.29) is 12.3 Å². The Balaban J connectivity index is 1.62. The second-order valence-corrected chi connectivity index (χ2v) is 7.29. The lowest BCUT2D eigenvalue weighted by atomic mass is 10.2. The maximum atomic E-state index is 12.2. The minimum atomic E-state index is -3.41. The molecule has 0 radical (unpaired) electrons. The van der Waals surface area contributed by atoms with E-state index in [1.165, 1.54) is 0 Å². The van der Waals surface area contributed by atoms with E-state index in [0.717, 1.165) is 11.1 Å². The molecule has 6 heteroatoms. The summed E-state index contributed by atoms with van der Waals surface area (Å²) >= 11 is 0. The van der Waals surface area contributed by atoms with Gasteiger partial charge in [0, 0.05) is 18.8 Å². The fourth-order valence-electron chi connectivity index (χ4n) is 2.29. The lowest BCUT2D eigenvalue weighted by molar-refractivity contribution is 0.462. The molecule has 0 aliphatic heterocycles. The van der Waals surface area contributed by atoms with Gasteiger partial charge in [-0.2, -0.15) is 0 Å². The molecule has 0 unspecified atom stereocenters. The summed E-state index contributed by atoms with van der Waals surface area (Å²) in [6.07, 6.45) is 1.65. The number of rotatable bonds is 7. The molecule has 0 saturated carbocycles. The molecule has 0 fully saturated rings. The van der Waals surface area contributed by atoms with Crippen molar-refractivity contribution in [1.29, 1.82) is 0 Å². The zero-order valence-electron chi connectivity index (χ0n) is 13.5. The van der Waals surface area contributed by atoms with Gasteiger partial charge in [-0.1, -0.05) is 48.5 Å². The summed E-state index contributed by atoms with van der Waals surface area (Å²) in [5.74, 6) is 1.06. The van der Waals surface area contributed by atoms with E-state index < -0.39 is 10.0 Å². The first-order chi connectivity index (χ1) is 12.1. The Hall–Kier alpha value is -2.70. The highest BCUT2D eigenvalue weighted by molar-refractivity contribution is 7.88. The van der Waals surface area contributed by atoms with E-state index in [1.54, 1.807) is 36.5 Å². The second-order valence-electron chi connectivity index (χ2n) is 5.48. The number of aromatic nitrogens is 1. The average Bonchev–Trinajstić information content (AvgIpc) is 2.62. The van der Waals surface area contributed by atoms with Crippen molar-refractivity contribution in [2.24, 2.45) is 0 Å². The molecule has 1 N–H and O–H groups in total. The van der Waals surface area contributed by atoms with Crippen molar-refractivity contribution in [1.82, 2.24) is 9.71 Å². The van der Waals surface area contributed by atoms with Crippen molar-refractivity contribution < 1.29 is 13.2 Å². The third-order valence-electron chi connectivity index (χ3n) is 3.45. The summed E-state index contributed by atoms with van der Waals surface area (Å²) in [6.45, 7) is 0.203. The normalized spacial score (nSPS) is 11.2. The Morgan fingerprint density at radius 3 is 2.40 bits per heavy atom. The summed E-state index contributed by atoms with van der Waals surface area (Å²) in [6, 6.07) is 21.8. The monoisotopic (exact) mass is 354 g/mol. The molecule has 2 aromatic carbocycles. The van der Waals surface area contributed by atoms with Crippen LogP contribution in [0.15, 0.2) is 79.0 Å². The molecule has 3 rings (SSSR count). The van der Waals surface area contributed by atoms with Crippen LogP contribution in [0.2, 0.25) is 0 Å². The highest BCUT2D eigenvalue weighted by atomic mass is 32.2. The first-order valence-electron chi connectivity index (χ1n) is 7.80. The van der Waals surface area contributed by atoms with Gasteiger partial charge in [0.1, 0.15) is 5.75 Å². The van der Waals surface area contributed by atoms with Gasteiger partial charge < -0.3 is 4.74 Å². The molecule has 0 aliphatic carbocycles. The zero-order chi connectivity index (χ0) is 17.5. The maximum Gasteiger partial charge on any atom is 0.219 e. The Kier molecular flexibility index (Phi) is 5.42. The number of hydrogen-bond acceptors (Lipinski definition) is 4. The SMILES string of the molecule is O=S(=O)(Cc1ccccc1)NCc1cccc(Oc2ccccn2)c1. The van der Waals surface area contributed by atoms with Crippen molar-refractivity contribution in [3.63, 3.8) is 0 Å². The minimum Gasteiger partial charge on any atom is -0.439 e. The van der Waals surface area contributed by atoms with Crippen molar-refractivity contribution in [3.8, 4) is 11.6 Å². The predicted molar refractivity (Wildman–Crippen MR) is 96.7 cm³/mol. The molecule has 0 aliphatic rings. The fourth-order valence-corrected chi connectivity index (χ4v) is 3.41. The minimum absolute atomic E-state index is 0.0437. The molecule has 0 amide bonds. The number of hydrogen-bond donors (Lipinski definition) is 1. The van der Waals surface area contributed by atoms with E-state index in [4.69, 9.17) is 4.74 Å². The molecule has 0 saturated heterocycles. The van der Waals surface area contributed by atoms with Crippen LogP contribution in [0.5, 0.6) is 11.6 Å². The number of nitrogens with one attached hydrogen (secondary N) is 1. The first-order valence-corrected chi connectivity index (χ1v) is 9.45. The maximum absolute atomic E-state index is 12.2. The smallest absolute Gasteiger partial charge is 0.219 e. The summed E-state index contributed by atoms with van der Waals surface area (Å²) in [5, 5.41) is 0. The molecule has 0 atom stereocenters. The Morgan fingerprint density at radius 1 is 0.880 bits per heavy atom. The summed E-state index contributed by atoms with van der Waals surface area (Å²) in [5.41, 5.74) is 1.56. The average molecular weight is 354 g/mol. The van der Waals surface area contributed by atoms with E-state index in [9.17, 15) is 8.42 Å². The van der Waals surface area contributed by atoms with Crippen LogP contribution in [0.4, 0.5) is 0 Å². The quantitative estimate of drug-likeness (QED) is 0.705. The lowest BCUT2D eigenvalue weighted by Gasteiger charge is -2.09. The Morgan fingerprint density at radius 2 is 1.64 bits per heavy atom. The van der Waals surface area contributed by atoms with Crippen LogP contribution in [0, 0.1) is 0 Å². The molecular weight excluding hydrogens is 336 g/mol. The first kappa shape index (κ1) is 17.1. The fraction of sp³-hybridized carbons (Fsp3) is 0.105. The van der Waals surface area contributed by atoms with Crippen LogP contribution in [0.3, 0.4) is 0 Å². The third-order valence-corrected chi connectivity index (χ3v) is 4.75. The van der Waals surface area contributed by atoms with Gasteiger partial charge in [0.2, 0.25) is 15.9 Å². The van der Waals surface area contributed by atoms with Gasteiger partial charge in [-0.3, -0.25) is 0 Å². The topological polar surface area (TPSA) is 68.3 Å². The summed E-state index contributed by atoms with van der Waals surface area (Å²) in [7, 11) is -3.41. The van der Waals surface area contributed by atoms with E-state index in [2.05, 4.69) is 9.71 Å². The highest BCUT2D eigenvalue weighted by Crippen LogP contribution is 2.20. The largest absolute Gasteiger partial charge is 0.439 e. The van der Waals surface area contributed by atoms with Gasteiger partial charge in [-0.05, 0) is 29.3 Å². The standard InChI is InChI=1S/C19H18N2O3S/c22-25(23,15-16-7-2-1-3-8-16)21-14-17-9-6-10-18(13-17)24-19-11-4-5-12-20-19/h1-13,21H,14-15H2. The molecule has 1 aromatic heterocycles. The van der Waals surface area contributed by atoms with Crippen molar-refractivity contribution >= 4 is 10.0 Å². The number of ether oxygens (including phenoxy) is 1. The van der Waals surface area contributed by atoms with Crippen LogP contribution in [0.25, 0.3) is 0 Å². The van der Waals surface area contributed by atoms with E-state index >= 15 is 0 Å². The van der Waals surface area contributed by atoms with Crippen LogP contribution < -0.4 is 9.46 Å². The summed E-state index contributed by atoms with van der Waals surface area (Å²) in [4.78, 5) is 4.10. The Bertz CT molecular complexity index is 914. The van der Waals surface area contributed by atoms with Gasteiger partial charge in [0.15, 0.2) is 0 Å². The van der Waals surface area contributed by atoms with Crippen LogP contribution in [-0.4, -0.2) is 13.4 Å². The number of pyridine rings is 1. The number of sulfonamides is 1. The third kappa shape index (κ3) is 5.41. The molecule has 0 bridgehead atoms.